The van der Waals surface area contributed by atoms with Crippen molar-refractivity contribution in [3.63, 3.8) is 0 Å². The first-order chi connectivity index (χ1) is 9.54. The van der Waals surface area contributed by atoms with E-state index in [-0.39, 0.29) is 16.8 Å². The van der Waals surface area contributed by atoms with Crippen molar-refractivity contribution in [1.29, 1.82) is 0 Å². The van der Waals surface area contributed by atoms with Gasteiger partial charge in [-0.2, -0.15) is 0 Å². The Morgan fingerprint density at radius 3 is 2.50 bits per heavy atom. The second kappa shape index (κ2) is 5.71. The molecule has 0 aliphatic carbocycles. The maximum atomic E-state index is 12.5. The molecule has 1 aromatic heterocycles. The number of nitrogens with one attached hydrogen (secondary N) is 1. The zero-order valence-electron chi connectivity index (χ0n) is 10.6. The van der Waals surface area contributed by atoms with Crippen molar-refractivity contribution in [2.75, 3.05) is 12.4 Å². The van der Waals surface area contributed by atoms with E-state index in [9.17, 15) is 9.59 Å². The van der Waals surface area contributed by atoms with Crippen LogP contribution >= 0.6 is 11.6 Å². The van der Waals surface area contributed by atoms with Gasteiger partial charge < -0.3 is 10.4 Å². The SMILES string of the molecule is CNc1cc(Cl)cnc1C(=O)c1ccccc1C(=O)O. The van der Waals surface area contributed by atoms with Crippen LogP contribution in [0.1, 0.15) is 26.4 Å². The predicted octanol–water partition coefficient (Wildman–Crippen LogP) is 2.71. The Bertz CT molecular complexity index is 686. The lowest BCUT2D eigenvalue weighted by Crippen LogP contribution is -2.12. The van der Waals surface area contributed by atoms with Crippen LogP contribution < -0.4 is 5.32 Å². The van der Waals surface area contributed by atoms with Gasteiger partial charge in [0.25, 0.3) is 0 Å². The Labute approximate surface area is 120 Å². The highest BCUT2D eigenvalue weighted by Gasteiger charge is 2.20. The van der Waals surface area contributed by atoms with Crippen molar-refractivity contribution in [1.82, 2.24) is 4.98 Å². The highest BCUT2D eigenvalue weighted by Crippen LogP contribution is 2.22. The third-order valence-corrected chi connectivity index (χ3v) is 2.95. The van der Waals surface area contributed by atoms with Crippen molar-refractivity contribution in [2.45, 2.75) is 0 Å². The van der Waals surface area contributed by atoms with Crippen LogP contribution in [0.4, 0.5) is 5.69 Å². The van der Waals surface area contributed by atoms with E-state index in [2.05, 4.69) is 10.3 Å². The Morgan fingerprint density at radius 1 is 1.25 bits per heavy atom. The lowest BCUT2D eigenvalue weighted by molar-refractivity contribution is 0.0692. The second-order valence-electron chi connectivity index (χ2n) is 3.98. The van der Waals surface area contributed by atoms with Gasteiger partial charge in [-0.05, 0) is 12.1 Å². The number of carboxylic acids is 1. The number of hydrogen-bond donors (Lipinski definition) is 2. The molecule has 0 aliphatic heterocycles. The molecule has 0 saturated heterocycles. The maximum Gasteiger partial charge on any atom is 0.336 e. The molecule has 6 heteroatoms. The number of benzene rings is 1. The fraction of sp³-hybridized carbons (Fsp3) is 0.0714. The highest BCUT2D eigenvalue weighted by molar-refractivity contribution is 6.31. The van der Waals surface area contributed by atoms with Crippen LogP contribution in [0.5, 0.6) is 0 Å². The van der Waals surface area contributed by atoms with Gasteiger partial charge in [-0.25, -0.2) is 9.78 Å². The van der Waals surface area contributed by atoms with E-state index in [1.54, 1.807) is 25.2 Å². The molecule has 102 valence electrons. The molecule has 0 atom stereocenters. The number of carbonyl (C=O) groups excluding carboxylic acids is 1. The fourth-order valence-corrected chi connectivity index (χ4v) is 1.96. The van der Waals surface area contributed by atoms with Crippen molar-refractivity contribution < 1.29 is 14.7 Å². The minimum Gasteiger partial charge on any atom is -0.478 e. The van der Waals surface area contributed by atoms with E-state index in [0.29, 0.717) is 10.7 Å². The van der Waals surface area contributed by atoms with E-state index in [1.165, 1.54) is 18.3 Å². The monoisotopic (exact) mass is 290 g/mol. The van der Waals surface area contributed by atoms with Gasteiger partial charge in [-0.15, -0.1) is 0 Å². The number of pyridine rings is 1. The first kappa shape index (κ1) is 14.0. The summed E-state index contributed by atoms with van der Waals surface area (Å²) in [6, 6.07) is 7.57. The second-order valence-corrected chi connectivity index (χ2v) is 4.42. The zero-order chi connectivity index (χ0) is 14.7. The summed E-state index contributed by atoms with van der Waals surface area (Å²) < 4.78 is 0. The molecule has 2 aromatic rings. The lowest BCUT2D eigenvalue weighted by atomic mass is 10.0. The fourth-order valence-electron chi connectivity index (χ4n) is 1.81. The Morgan fingerprint density at radius 2 is 1.90 bits per heavy atom. The molecule has 0 unspecified atom stereocenters. The van der Waals surface area contributed by atoms with Gasteiger partial charge in [0.05, 0.1) is 16.3 Å². The van der Waals surface area contributed by atoms with Crippen LogP contribution in [0.2, 0.25) is 5.02 Å². The van der Waals surface area contributed by atoms with Gasteiger partial charge in [0.1, 0.15) is 5.69 Å². The standard InChI is InChI=1S/C14H11ClN2O3/c1-16-11-6-8(15)7-17-12(11)13(18)9-4-2-3-5-10(9)14(19)20/h2-7,16H,1H3,(H,19,20). The van der Waals surface area contributed by atoms with Gasteiger partial charge in [0, 0.05) is 18.8 Å². The molecule has 1 heterocycles. The Balaban J connectivity index is 2.55. The first-order valence-electron chi connectivity index (χ1n) is 5.75. The van der Waals surface area contributed by atoms with Gasteiger partial charge in [-0.1, -0.05) is 29.8 Å². The first-order valence-corrected chi connectivity index (χ1v) is 6.12. The van der Waals surface area contributed by atoms with Crippen LogP contribution in [0, 0.1) is 0 Å². The zero-order valence-corrected chi connectivity index (χ0v) is 11.3. The van der Waals surface area contributed by atoms with Crippen molar-refractivity contribution in [2.24, 2.45) is 0 Å². The number of carbonyl (C=O) groups is 2. The molecular weight excluding hydrogens is 280 g/mol. The molecular formula is C14H11ClN2O3. The van der Waals surface area contributed by atoms with Crippen LogP contribution in [-0.2, 0) is 0 Å². The Kier molecular flexibility index (Phi) is 4.00. The van der Waals surface area contributed by atoms with Crippen LogP contribution in [-0.4, -0.2) is 28.9 Å². The van der Waals surface area contributed by atoms with Crippen molar-refractivity contribution in [3.05, 3.63) is 58.4 Å². The van der Waals surface area contributed by atoms with Crippen LogP contribution in [0.15, 0.2) is 36.5 Å². The average molecular weight is 291 g/mol. The molecule has 2 N–H and O–H groups in total. The summed E-state index contributed by atoms with van der Waals surface area (Å²) in [4.78, 5) is 27.6. The third kappa shape index (κ3) is 2.62. The summed E-state index contributed by atoms with van der Waals surface area (Å²) >= 11 is 5.82. The number of ketones is 1. The molecule has 1 aromatic carbocycles. The lowest BCUT2D eigenvalue weighted by Gasteiger charge is -2.09. The van der Waals surface area contributed by atoms with Crippen molar-refractivity contribution >= 4 is 29.0 Å². The highest BCUT2D eigenvalue weighted by atomic mass is 35.5. The number of nitrogens with zero attached hydrogens (tertiary/aromatic N) is 1. The molecule has 5 nitrogen and oxygen atoms in total. The maximum absolute atomic E-state index is 12.5. The van der Waals surface area contributed by atoms with Gasteiger partial charge in [-0.3, -0.25) is 4.79 Å². The summed E-state index contributed by atoms with van der Waals surface area (Å²) in [6.07, 6.45) is 1.35. The number of rotatable bonds is 4. The molecule has 0 spiro atoms. The quantitative estimate of drug-likeness (QED) is 0.846. The van der Waals surface area contributed by atoms with E-state index < -0.39 is 11.8 Å². The summed E-state index contributed by atoms with van der Waals surface area (Å²) in [7, 11) is 1.63. The molecule has 0 amide bonds. The molecule has 0 aliphatic rings. The largest absolute Gasteiger partial charge is 0.478 e. The smallest absolute Gasteiger partial charge is 0.336 e. The minimum absolute atomic E-state index is 0.0590. The summed E-state index contributed by atoms with van der Waals surface area (Å²) in [5, 5.41) is 12.3. The Hall–Kier alpha value is -2.40. The third-order valence-electron chi connectivity index (χ3n) is 2.74. The molecule has 2 rings (SSSR count). The molecule has 20 heavy (non-hydrogen) atoms. The minimum atomic E-state index is -1.16. The summed E-state index contributed by atoms with van der Waals surface area (Å²) in [5.74, 6) is -1.63. The number of halogens is 1. The van der Waals surface area contributed by atoms with E-state index in [4.69, 9.17) is 16.7 Å². The molecule has 0 radical (unpaired) electrons. The van der Waals surface area contributed by atoms with Crippen LogP contribution in [0.3, 0.4) is 0 Å². The summed E-state index contributed by atoms with van der Waals surface area (Å²) in [5.41, 5.74) is 0.607. The van der Waals surface area contributed by atoms with E-state index >= 15 is 0 Å². The van der Waals surface area contributed by atoms with Crippen LogP contribution in [0.25, 0.3) is 0 Å². The van der Waals surface area contributed by atoms with Gasteiger partial charge in [0.15, 0.2) is 0 Å². The number of aromatic nitrogens is 1. The number of anilines is 1. The van der Waals surface area contributed by atoms with E-state index in [1.807, 2.05) is 0 Å². The summed E-state index contributed by atoms with van der Waals surface area (Å²) in [6.45, 7) is 0. The molecule has 0 fully saturated rings. The molecule has 0 saturated carbocycles. The predicted molar refractivity (Wildman–Crippen MR) is 75.6 cm³/mol. The average Bonchev–Trinajstić information content (AvgIpc) is 2.46. The number of carboxylic acid groups (broad SMARTS) is 1. The number of aromatic carboxylic acids is 1. The van der Waals surface area contributed by atoms with Crippen molar-refractivity contribution in [3.8, 4) is 0 Å². The number of hydrogen-bond acceptors (Lipinski definition) is 4. The van der Waals surface area contributed by atoms with Gasteiger partial charge >= 0.3 is 5.97 Å². The van der Waals surface area contributed by atoms with Gasteiger partial charge in [0.2, 0.25) is 5.78 Å². The normalized spacial score (nSPS) is 10.1. The molecule has 0 bridgehead atoms. The topological polar surface area (TPSA) is 79.3 Å². The van der Waals surface area contributed by atoms with E-state index in [0.717, 1.165) is 0 Å².